The van der Waals surface area contributed by atoms with E-state index in [1.165, 1.54) is 25.7 Å². The molecule has 4 heteroatoms. The lowest BCUT2D eigenvalue weighted by molar-refractivity contribution is 0.0999. The lowest BCUT2D eigenvalue weighted by Gasteiger charge is -2.24. The molecule has 0 atom stereocenters. The molecule has 20 heavy (non-hydrogen) atoms. The minimum absolute atomic E-state index is 0.356. The van der Waals surface area contributed by atoms with Gasteiger partial charge in [0.2, 0.25) is 5.91 Å². The Balaban J connectivity index is 1.74. The lowest BCUT2D eigenvalue weighted by atomic mass is 10.1. The first-order chi connectivity index (χ1) is 9.68. The van der Waals surface area contributed by atoms with Gasteiger partial charge in [-0.15, -0.1) is 0 Å². The van der Waals surface area contributed by atoms with Gasteiger partial charge in [0.1, 0.15) is 0 Å². The van der Waals surface area contributed by atoms with Crippen LogP contribution in [0.15, 0.2) is 24.3 Å². The molecule has 1 aromatic rings. The maximum absolute atomic E-state index is 11.3. The average Bonchev–Trinajstić information content (AvgIpc) is 2.98. The Hall–Kier alpha value is -1.39. The summed E-state index contributed by atoms with van der Waals surface area (Å²) in [6.07, 6.45) is 5.41. The molecule has 0 spiro atoms. The fourth-order valence-electron chi connectivity index (χ4n) is 2.92. The molecule has 110 valence electrons. The number of hydrogen-bond donors (Lipinski definition) is 2. The highest BCUT2D eigenvalue weighted by Crippen LogP contribution is 2.21. The zero-order valence-electron chi connectivity index (χ0n) is 12.3. The third kappa shape index (κ3) is 4.05. The number of carbonyl (C=O) groups excluding carboxylic acids is 1. The van der Waals surface area contributed by atoms with E-state index >= 15 is 0 Å². The van der Waals surface area contributed by atoms with Gasteiger partial charge in [-0.3, -0.25) is 4.79 Å². The topological polar surface area (TPSA) is 58.4 Å². The van der Waals surface area contributed by atoms with Gasteiger partial charge in [-0.2, -0.15) is 0 Å². The number of hydrogen-bond acceptors (Lipinski definition) is 3. The monoisotopic (exact) mass is 275 g/mol. The molecule has 0 saturated heterocycles. The summed E-state index contributed by atoms with van der Waals surface area (Å²) < 4.78 is 0. The minimum Gasteiger partial charge on any atom is -0.366 e. The van der Waals surface area contributed by atoms with Gasteiger partial charge in [-0.05, 0) is 31.5 Å². The molecule has 0 unspecified atom stereocenters. The molecule has 0 aromatic heterocycles. The van der Waals surface area contributed by atoms with Crippen LogP contribution in [0.5, 0.6) is 0 Å². The molecule has 1 fully saturated rings. The smallest absolute Gasteiger partial charge is 0.249 e. The van der Waals surface area contributed by atoms with Crippen LogP contribution in [0, 0.1) is 0 Å². The lowest BCUT2D eigenvalue weighted by Crippen LogP contribution is -2.35. The van der Waals surface area contributed by atoms with Crippen LogP contribution in [0.3, 0.4) is 0 Å². The van der Waals surface area contributed by atoms with Crippen molar-refractivity contribution in [2.75, 3.05) is 20.1 Å². The van der Waals surface area contributed by atoms with E-state index in [1.807, 2.05) is 18.2 Å². The summed E-state index contributed by atoms with van der Waals surface area (Å²) >= 11 is 0. The molecule has 0 heterocycles. The Labute approximate surface area is 121 Å². The summed E-state index contributed by atoms with van der Waals surface area (Å²) in [6, 6.07) is 8.28. The highest BCUT2D eigenvalue weighted by Gasteiger charge is 2.18. The highest BCUT2D eigenvalue weighted by atomic mass is 16.1. The molecule has 1 aliphatic carbocycles. The van der Waals surface area contributed by atoms with Crippen molar-refractivity contribution >= 4 is 5.91 Å². The number of benzene rings is 1. The van der Waals surface area contributed by atoms with Gasteiger partial charge < -0.3 is 16.0 Å². The Kier molecular flexibility index (Phi) is 5.56. The summed E-state index contributed by atoms with van der Waals surface area (Å²) in [5.41, 5.74) is 6.97. The second-order valence-corrected chi connectivity index (χ2v) is 5.62. The van der Waals surface area contributed by atoms with E-state index in [9.17, 15) is 4.79 Å². The number of nitrogens with two attached hydrogens (primary N) is 1. The van der Waals surface area contributed by atoms with Crippen LogP contribution >= 0.6 is 0 Å². The van der Waals surface area contributed by atoms with E-state index in [2.05, 4.69) is 17.3 Å². The van der Waals surface area contributed by atoms with E-state index in [1.54, 1.807) is 6.07 Å². The van der Waals surface area contributed by atoms with Crippen molar-refractivity contribution in [3.8, 4) is 0 Å². The number of primary amides is 1. The molecule has 1 aliphatic rings. The number of rotatable bonds is 7. The third-order valence-electron chi connectivity index (χ3n) is 4.19. The molecule has 0 aliphatic heterocycles. The molecule has 0 bridgehead atoms. The minimum atomic E-state index is -0.356. The standard InChI is InChI=1S/C16H25N3O/c1-19(14-7-3-4-8-14)11-10-18-12-13-6-2-5-9-15(13)16(17)20/h2,5-6,9,14,18H,3-4,7-8,10-12H2,1H3,(H2,17,20). The fraction of sp³-hybridized carbons (Fsp3) is 0.562. The largest absolute Gasteiger partial charge is 0.366 e. The van der Waals surface area contributed by atoms with Crippen LogP contribution in [0.2, 0.25) is 0 Å². The third-order valence-corrected chi connectivity index (χ3v) is 4.19. The first-order valence-electron chi connectivity index (χ1n) is 7.47. The molecule has 3 N–H and O–H groups in total. The summed E-state index contributed by atoms with van der Waals surface area (Å²) in [7, 11) is 2.20. The second kappa shape index (κ2) is 7.41. The van der Waals surface area contributed by atoms with Crippen LogP contribution in [0.25, 0.3) is 0 Å². The highest BCUT2D eigenvalue weighted by molar-refractivity contribution is 5.94. The fourth-order valence-corrected chi connectivity index (χ4v) is 2.92. The normalized spacial score (nSPS) is 15.9. The first kappa shape index (κ1) is 15.0. The van der Waals surface area contributed by atoms with Crippen molar-refractivity contribution in [2.45, 2.75) is 38.3 Å². The van der Waals surface area contributed by atoms with Crippen LogP contribution in [-0.4, -0.2) is 37.0 Å². The zero-order chi connectivity index (χ0) is 14.4. The molecule has 4 nitrogen and oxygen atoms in total. The predicted octanol–water partition coefficient (Wildman–Crippen LogP) is 1.75. The summed E-state index contributed by atoms with van der Waals surface area (Å²) in [4.78, 5) is 13.8. The summed E-state index contributed by atoms with van der Waals surface area (Å²) in [5.74, 6) is -0.356. The van der Waals surface area contributed by atoms with Crippen molar-refractivity contribution in [3.05, 3.63) is 35.4 Å². The van der Waals surface area contributed by atoms with Gasteiger partial charge in [0.15, 0.2) is 0 Å². The number of likely N-dealkylation sites (N-methyl/N-ethyl adjacent to an activating group) is 1. The summed E-state index contributed by atoms with van der Waals surface area (Å²) in [5, 5.41) is 3.40. The van der Waals surface area contributed by atoms with Crippen molar-refractivity contribution in [1.29, 1.82) is 0 Å². The van der Waals surface area contributed by atoms with Crippen LogP contribution < -0.4 is 11.1 Å². The quantitative estimate of drug-likeness (QED) is 0.745. The molecular weight excluding hydrogens is 250 g/mol. The maximum Gasteiger partial charge on any atom is 0.249 e. The number of nitrogens with one attached hydrogen (secondary N) is 1. The van der Waals surface area contributed by atoms with Gasteiger partial charge in [0, 0.05) is 31.2 Å². The van der Waals surface area contributed by atoms with Crippen molar-refractivity contribution < 1.29 is 4.79 Å². The molecule has 2 rings (SSSR count). The van der Waals surface area contributed by atoms with Crippen molar-refractivity contribution in [2.24, 2.45) is 5.73 Å². The van der Waals surface area contributed by atoms with Crippen molar-refractivity contribution in [3.63, 3.8) is 0 Å². The van der Waals surface area contributed by atoms with Crippen LogP contribution in [-0.2, 0) is 6.54 Å². The van der Waals surface area contributed by atoms with E-state index in [0.29, 0.717) is 12.1 Å². The molecule has 0 radical (unpaired) electrons. The molecule has 1 amide bonds. The number of carbonyl (C=O) groups is 1. The molecule has 1 saturated carbocycles. The molecule has 1 aromatic carbocycles. The Morgan fingerprint density at radius 3 is 2.75 bits per heavy atom. The van der Waals surface area contributed by atoms with E-state index in [0.717, 1.165) is 24.7 Å². The van der Waals surface area contributed by atoms with E-state index in [-0.39, 0.29) is 5.91 Å². The first-order valence-corrected chi connectivity index (χ1v) is 7.47. The zero-order valence-corrected chi connectivity index (χ0v) is 12.3. The van der Waals surface area contributed by atoms with Gasteiger partial charge in [-0.25, -0.2) is 0 Å². The maximum atomic E-state index is 11.3. The Bertz CT molecular complexity index is 441. The molecular formula is C16H25N3O. The van der Waals surface area contributed by atoms with Gasteiger partial charge in [0.25, 0.3) is 0 Å². The second-order valence-electron chi connectivity index (χ2n) is 5.62. The number of amides is 1. The van der Waals surface area contributed by atoms with Crippen LogP contribution in [0.1, 0.15) is 41.6 Å². The van der Waals surface area contributed by atoms with Crippen molar-refractivity contribution in [1.82, 2.24) is 10.2 Å². The average molecular weight is 275 g/mol. The van der Waals surface area contributed by atoms with Gasteiger partial charge >= 0.3 is 0 Å². The number of nitrogens with zero attached hydrogens (tertiary/aromatic N) is 1. The Morgan fingerprint density at radius 1 is 1.35 bits per heavy atom. The van der Waals surface area contributed by atoms with Gasteiger partial charge in [-0.1, -0.05) is 31.0 Å². The SMILES string of the molecule is CN(CCNCc1ccccc1C(N)=O)C1CCCC1. The van der Waals surface area contributed by atoms with Gasteiger partial charge in [0.05, 0.1) is 0 Å². The summed E-state index contributed by atoms with van der Waals surface area (Å²) in [6.45, 7) is 2.67. The van der Waals surface area contributed by atoms with E-state index in [4.69, 9.17) is 5.73 Å². The van der Waals surface area contributed by atoms with E-state index < -0.39 is 0 Å². The predicted molar refractivity (Wildman–Crippen MR) is 81.6 cm³/mol. The van der Waals surface area contributed by atoms with Crippen LogP contribution in [0.4, 0.5) is 0 Å². The Morgan fingerprint density at radius 2 is 2.05 bits per heavy atom.